The Morgan fingerprint density at radius 3 is 1.87 bits per heavy atom. The summed E-state index contributed by atoms with van der Waals surface area (Å²) in [4.78, 5) is 12.6. The molecule has 0 fully saturated rings. The lowest BCUT2D eigenvalue weighted by atomic mass is 9.80. The lowest BCUT2D eigenvalue weighted by molar-refractivity contribution is -0.143. The fraction of sp³-hybridized carbons (Fsp3) is 0.167. The monoisotopic (exact) mass is 366 g/mol. The number of ether oxygens (including phenoxy) is 1. The topological polar surface area (TPSA) is 26.3 Å². The maximum atomic E-state index is 12.6. The molecule has 0 N–H and O–H groups in total. The summed E-state index contributed by atoms with van der Waals surface area (Å²) in [6.07, 6.45) is 1.72. The van der Waals surface area contributed by atoms with Crippen molar-refractivity contribution in [1.29, 1.82) is 0 Å². The van der Waals surface area contributed by atoms with Gasteiger partial charge in [-0.25, -0.2) is 0 Å². The predicted molar refractivity (Wildman–Crippen MR) is 92.8 cm³/mol. The van der Waals surface area contributed by atoms with Crippen LogP contribution in [0.3, 0.4) is 0 Å². The fourth-order valence-corrected chi connectivity index (χ4v) is 3.04. The van der Waals surface area contributed by atoms with E-state index in [1.807, 2.05) is 60.7 Å². The van der Waals surface area contributed by atoms with Gasteiger partial charge in [-0.15, -0.1) is 0 Å². The fourth-order valence-electron chi connectivity index (χ4n) is 2.73. The van der Waals surface area contributed by atoms with Crippen molar-refractivity contribution in [2.75, 3.05) is 0 Å². The Morgan fingerprint density at radius 2 is 1.35 bits per heavy atom. The molecule has 0 saturated heterocycles. The number of allylic oxidation sites excluding steroid dienone is 2. The Balaban J connectivity index is 2.11. The molecule has 2 nitrogen and oxygen atoms in total. The number of hydrogen-bond donors (Lipinski definition) is 0. The van der Waals surface area contributed by atoms with E-state index in [9.17, 15) is 4.79 Å². The molecule has 2 aromatic carbocycles. The van der Waals surface area contributed by atoms with Gasteiger partial charge in [0.2, 0.25) is 3.79 Å². The number of rotatable bonds is 2. The molecule has 0 unspecified atom stereocenters. The minimum Gasteiger partial charge on any atom is -0.426 e. The van der Waals surface area contributed by atoms with Crippen LogP contribution in [-0.4, -0.2) is 9.76 Å². The average Bonchev–Trinajstić information content (AvgIpc) is 2.55. The van der Waals surface area contributed by atoms with E-state index in [0.29, 0.717) is 0 Å². The molecule has 1 aliphatic rings. The summed E-state index contributed by atoms with van der Waals surface area (Å²) >= 11 is 17.7. The predicted octanol–water partition coefficient (Wildman–Crippen LogP) is 5.36. The number of carbonyl (C=O) groups excluding carboxylic acids is 1. The van der Waals surface area contributed by atoms with E-state index in [0.717, 1.165) is 11.1 Å². The van der Waals surface area contributed by atoms with Gasteiger partial charge in [0.15, 0.2) is 5.76 Å². The van der Waals surface area contributed by atoms with Crippen LogP contribution in [0.15, 0.2) is 72.5 Å². The largest absolute Gasteiger partial charge is 0.426 e. The number of alkyl halides is 3. The first-order valence-corrected chi connectivity index (χ1v) is 8.21. The third kappa shape index (κ3) is 3.55. The molecule has 0 amide bonds. The number of halogens is 3. The Kier molecular flexibility index (Phi) is 4.67. The molecule has 5 heteroatoms. The van der Waals surface area contributed by atoms with Crippen LogP contribution in [0.1, 0.15) is 23.0 Å². The highest BCUT2D eigenvalue weighted by Crippen LogP contribution is 2.45. The van der Waals surface area contributed by atoms with Gasteiger partial charge in [-0.3, -0.25) is 4.79 Å². The second-order valence-corrected chi connectivity index (χ2v) is 7.56. The maximum Gasteiger partial charge on any atom is 0.319 e. The first-order valence-electron chi connectivity index (χ1n) is 7.07. The van der Waals surface area contributed by atoms with Gasteiger partial charge < -0.3 is 4.74 Å². The van der Waals surface area contributed by atoms with Crippen molar-refractivity contribution in [3.63, 3.8) is 0 Å². The molecule has 0 radical (unpaired) electrons. The lowest BCUT2D eigenvalue weighted by Gasteiger charge is -2.31. The number of hydrogen-bond acceptors (Lipinski definition) is 2. The van der Waals surface area contributed by atoms with Gasteiger partial charge in [0.1, 0.15) is 0 Å². The van der Waals surface area contributed by atoms with Gasteiger partial charge >= 0.3 is 5.97 Å². The number of cyclic esters (lactones) is 1. The lowest BCUT2D eigenvalue weighted by Crippen LogP contribution is -2.30. The first kappa shape index (κ1) is 16.4. The number of benzene rings is 2. The van der Waals surface area contributed by atoms with E-state index in [-0.39, 0.29) is 11.7 Å². The molecule has 2 atom stereocenters. The molecule has 1 heterocycles. The van der Waals surface area contributed by atoms with Crippen molar-refractivity contribution in [2.24, 2.45) is 0 Å². The van der Waals surface area contributed by atoms with Crippen molar-refractivity contribution >= 4 is 40.8 Å². The molecule has 2 aromatic rings. The highest BCUT2D eigenvalue weighted by atomic mass is 35.6. The van der Waals surface area contributed by atoms with Gasteiger partial charge in [0.25, 0.3) is 0 Å². The smallest absolute Gasteiger partial charge is 0.319 e. The van der Waals surface area contributed by atoms with Crippen LogP contribution < -0.4 is 0 Å². The summed E-state index contributed by atoms with van der Waals surface area (Å²) in [6, 6.07) is 19.1. The van der Waals surface area contributed by atoms with Gasteiger partial charge in [-0.2, -0.15) is 0 Å². The molecule has 0 spiro atoms. The Morgan fingerprint density at radius 1 is 0.826 bits per heavy atom. The van der Waals surface area contributed by atoms with Crippen LogP contribution in [0.5, 0.6) is 0 Å². The van der Waals surface area contributed by atoms with Gasteiger partial charge in [-0.1, -0.05) is 95.5 Å². The summed E-state index contributed by atoms with van der Waals surface area (Å²) in [5.74, 6) is -1.11. The van der Waals surface area contributed by atoms with Gasteiger partial charge in [0, 0.05) is 5.92 Å². The molecule has 0 bridgehead atoms. The second-order valence-electron chi connectivity index (χ2n) is 5.27. The van der Waals surface area contributed by atoms with Crippen LogP contribution in [-0.2, 0) is 9.53 Å². The second kappa shape index (κ2) is 6.56. The molecule has 118 valence electrons. The van der Waals surface area contributed by atoms with Crippen molar-refractivity contribution in [3.05, 3.63) is 83.6 Å². The molecular formula is C18H13Cl3O2. The minimum atomic E-state index is -1.77. The SMILES string of the molecule is O=C1OC(C(Cl)(Cl)Cl)=C[C@@H](c2ccccc2)[C@@H]1c1ccccc1. The highest BCUT2D eigenvalue weighted by molar-refractivity contribution is 6.69. The highest BCUT2D eigenvalue weighted by Gasteiger charge is 2.41. The van der Waals surface area contributed by atoms with E-state index in [1.165, 1.54) is 0 Å². The van der Waals surface area contributed by atoms with Crippen molar-refractivity contribution in [1.82, 2.24) is 0 Å². The van der Waals surface area contributed by atoms with Gasteiger partial charge in [-0.05, 0) is 17.2 Å². The van der Waals surface area contributed by atoms with Crippen molar-refractivity contribution in [2.45, 2.75) is 15.6 Å². The normalized spacial score (nSPS) is 21.5. The summed E-state index contributed by atoms with van der Waals surface area (Å²) in [5.41, 5.74) is 1.83. The molecule has 23 heavy (non-hydrogen) atoms. The van der Waals surface area contributed by atoms with Crippen molar-refractivity contribution in [3.8, 4) is 0 Å². The summed E-state index contributed by atoms with van der Waals surface area (Å²) in [6.45, 7) is 0. The third-order valence-electron chi connectivity index (χ3n) is 3.78. The zero-order chi connectivity index (χ0) is 16.4. The molecule has 0 aliphatic carbocycles. The zero-order valence-corrected chi connectivity index (χ0v) is 14.2. The van der Waals surface area contributed by atoms with E-state index in [1.54, 1.807) is 6.08 Å². The van der Waals surface area contributed by atoms with Gasteiger partial charge in [0.05, 0.1) is 5.92 Å². The van der Waals surface area contributed by atoms with Crippen LogP contribution in [0, 0.1) is 0 Å². The quantitative estimate of drug-likeness (QED) is 0.527. The van der Waals surface area contributed by atoms with Crippen molar-refractivity contribution < 1.29 is 9.53 Å². The minimum absolute atomic E-state index is 0.0496. The van der Waals surface area contributed by atoms with Crippen LogP contribution >= 0.6 is 34.8 Å². The Labute approximate surface area is 149 Å². The molecule has 0 aromatic heterocycles. The Bertz CT molecular complexity index is 721. The van der Waals surface area contributed by atoms with E-state index in [2.05, 4.69) is 0 Å². The Hall–Kier alpha value is -1.48. The van der Waals surface area contributed by atoms with E-state index < -0.39 is 15.7 Å². The molecule has 1 aliphatic heterocycles. The molecule has 3 rings (SSSR count). The third-order valence-corrected chi connectivity index (χ3v) is 4.34. The standard InChI is InChI=1S/C18H13Cl3O2/c19-18(20,21)15-11-14(12-7-3-1-4-8-12)16(17(22)23-15)13-9-5-2-6-10-13/h1-11,14,16H/t14-,16-/m0/s1. The average molecular weight is 368 g/mol. The summed E-state index contributed by atoms with van der Waals surface area (Å²) < 4.78 is 3.52. The first-order chi connectivity index (χ1) is 11.0. The maximum absolute atomic E-state index is 12.6. The molecular weight excluding hydrogens is 355 g/mol. The van der Waals surface area contributed by atoms with E-state index >= 15 is 0 Å². The summed E-state index contributed by atoms with van der Waals surface area (Å²) in [7, 11) is 0. The number of carbonyl (C=O) groups is 1. The van der Waals surface area contributed by atoms with Crippen LogP contribution in [0.2, 0.25) is 0 Å². The number of esters is 1. The molecule has 0 saturated carbocycles. The summed E-state index contributed by atoms with van der Waals surface area (Å²) in [5, 5.41) is 0. The van der Waals surface area contributed by atoms with Crippen LogP contribution in [0.4, 0.5) is 0 Å². The van der Waals surface area contributed by atoms with E-state index in [4.69, 9.17) is 39.5 Å². The zero-order valence-electron chi connectivity index (χ0n) is 12.0. The van der Waals surface area contributed by atoms with Crippen LogP contribution in [0.25, 0.3) is 0 Å².